The fourth-order valence-corrected chi connectivity index (χ4v) is 1.96. The Bertz CT molecular complexity index is 508. The summed E-state index contributed by atoms with van der Waals surface area (Å²) in [7, 11) is 2.93. The molecule has 0 aliphatic heterocycles. The third-order valence-electron chi connectivity index (χ3n) is 3.12. The van der Waals surface area contributed by atoms with Gasteiger partial charge in [0, 0.05) is 7.05 Å². The Kier molecular flexibility index (Phi) is 5.12. The van der Waals surface area contributed by atoms with E-state index in [0.29, 0.717) is 17.8 Å². The van der Waals surface area contributed by atoms with Gasteiger partial charge in [0.15, 0.2) is 0 Å². The van der Waals surface area contributed by atoms with Crippen molar-refractivity contribution in [3.8, 4) is 0 Å². The fourth-order valence-electron chi connectivity index (χ4n) is 1.96. The Labute approximate surface area is 118 Å². The number of esters is 1. The summed E-state index contributed by atoms with van der Waals surface area (Å²) in [5.41, 5.74) is 7.19. The van der Waals surface area contributed by atoms with E-state index in [9.17, 15) is 9.59 Å². The third kappa shape index (κ3) is 3.09. The molecule has 7 heteroatoms. The molecule has 0 aliphatic carbocycles. The maximum atomic E-state index is 12.3. The Morgan fingerprint density at radius 3 is 2.45 bits per heavy atom. The first-order valence-corrected chi connectivity index (χ1v) is 6.53. The van der Waals surface area contributed by atoms with Crippen LogP contribution in [0.2, 0.25) is 0 Å². The average molecular weight is 282 g/mol. The van der Waals surface area contributed by atoms with Crippen LogP contribution in [0.4, 0.5) is 5.69 Å². The Morgan fingerprint density at radius 1 is 1.45 bits per heavy atom. The number of nitrogens with one attached hydrogen (secondary N) is 1. The predicted molar refractivity (Wildman–Crippen MR) is 75.1 cm³/mol. The quantitative estimate of drug-likeness (QED) is 0.766. The Balaban J connectivity index is 3.01. The molecule has 1 aromatic heterocycles. The van der Waals surface area contributed by atoms with Crippen molar-refractivity contribution in [2.24, 2.45) is 13.0 Å². The molecule has 0 bridgehead atoms. The van der Waals surface area contributed by atoms with Gasteiger partial charge in [-0.25, -0.2) is 4.79 Å². The number of anilines is 1. The lowest BCUT2D eigenvalue weighted by Gasteiger charge is -2.19. The number of aromatic nitrogens is 2. The number of hydrogen-bond donors (Lipinski definition) is 2. The summed E-state index contributed by atoms with van der Waals surface area (Å²) in [6, 6.07) is -0.716. The number of amides is 1. The van der Waals surface area contributed by atoms with Crippen LogP contribution in [0.15, 0.2) is 0 Å². The van der Waals surface area contributed by atoms with Crippen LogP contribution in [0, 0.1) is 5.92 Å². The zero-order valence-corrected chi connectivity index (χ0v) is 12.6. The SMILES string of the molecule is CCc1nn(C)c(C(=O)NC(C(=O)OC)C(C)C)c1N. The molecule has 1 heterocycles. The monoisotopic (exact) mass is 282 g/mol. The number of nitrogens with two attached hydrogens (primary N) is 1. The molecule has 0 aliphatic rings. The molecular formula is C13H22N4O3. The molecule has 0 fully saturated rings. The van der Waals surface area contributed by atoms with Crippen LogP contribution in [0.25, 0.3) is 0 Å². The second-order valence-electron chi connectivity index (χ2n) is 4.90. The van der Waals surface area contributed by atoms with E-state index in [2.05, 4.69) is 15.2 Å². The fraction of sp³-hybridized carbons (Fsp3) is 0.615. The van der Waals surface area contributed by atoms with Crippen molar-refractivity contribution >= 4 is 17.6 Å². The first-order valence-electron chi connectivity index (χ1n) is 6.53. The van der Waals surface area contributed by atoms with E-state index in [1.54, 1.807) is 7.05 Å². The summed E-state index contributed by atoms with van der Waals surface area (Å²) in [6.07, 6.45) is 0.636. The van der Waals surface area contributed by atoms with E-state index >= 15 is 0 Å². The van der Waals surface area contributed by atoms with Gasteiger partial charge in [0.1, 0.15) is 11.7 Å². The smallest absolute Gasteiger partial charge is 0.328 e. The second-order valence-corrected chi connectivity index (χ2v) is 4.90. The number of carbonyl (C=O) groups is 2. The van der Waals surface area contributed by atoms with Gasteiger partial charge in [-0.2, -0.15) is 5.10 Å². The molecule has 0 radical (unpaired) electrons. The van der Waals surface area contributed by atoms with Gasteiger partial charge in [0.05, 0.1) is 18.5 Å². The molecule has 1 aromatic rings. The topological polar surface area (TPSA) is 99.2 Å². The van der Waals surface area contributed by atoms with Crippen molar-refractivity contribution in [2.75, 3.05) is 12.8 Å². The van der Waals surface area contributed by atoms with Crippen LogP contribution in [-0.2, 0) is 23.0 Å². The molecule has 1 unspecified atom stereocenters. The second kappa shape index (κ2) is 6.40. The van der Waals surface area contributed by atoms with Crippen molar-refractivity contribution in [3.63, 3.8) is 0 Å². The summed E-state index contributed by atoms with van der Waals surface area (Å²) in [6.45, 7) is 5.56. The summed E-state index contributed by atoms with van der Waals surface area (Å²) >= 11 is 0. The number of carbonyl (C=O) groups excluding carboxylic acids is 2. The minimum atomic E-state index is -0.716. The molecule has 0 saturated carbocycles. The lowest BCUT2D eigenvalue weighted by atomic mass is 10.0. The molecule has 1 atom stereocenters. The lowest BCUT2D eigenvalue weighted by Crippen LogP contribution is -2.45. The highest BCUT2D eigenvalue weighted by Gasteiger charge is 2.28. The normalized spacial score (nSPS) is 12.3. The lowest BCUT2D eigenvalue weighted by molar-refractivity contribution is -0.144. The molecule has 7 nitrogen and oxygen atoms in total. The minimum absolute atomic E-state index is 0.0912. The summed E-state index contributed by atoms with van der Waals surface area (Å²) < 4.78 is 6.12. The molecule has 1 rings (SSSR count). The van der Waals surface area contributed by atoms with Gasteiger partial charge in [-0.15, -0.1) is 0 Å². The summed E-state index contributed by atoms with van der Waals surface area (Å²) in [4.78, 5) is 24.0. The number of rotatable bonds is 5. The van der Waals surface area contributed by atoms with Crippen molar-refractivity contribution in [2.45, 2.75) is 33.2 Å². The number of hydrogen-bond acceptors (Lipinski definition) is 5. The minimum Gasteiger partial charge on any atom is -0.467 e. The van der Waals surface area contributed by atoms with Gasteiger partial charge in [0.2, 0.25) is 0 Å². The zero-order valence-electron chi connectivity index (χ0n) is 12.6. The maximum absolute atomic E-state index is 12.3. The molecule has 112 valence electrons. The van der Waals surface area contributed by atoms with E-state index < -0.39 is 17.9 Å². The molecule has 3 N–H and O–H groups in total. The van der Waals surface area contributed by atoms with Crippen LogP contribution >= 0.6 is 0 Å². The maximum Gasteiger partial charge on any atom is 0.328 e. The van der Waals surface area contributed by atoms with Gasteiger partial charge in [-0.3, -0.25) is 9.48 Å². The van der Waals surface area contributed by atoms with Crippen LogP contribution in [0.5, 0.6) is 0 Å². The average Bonchev–Trinajstić information content (AvgIpc) is 2.69. The molecular weight excluding hydrogens is 260 g/mol. The van der Waals surface area contributed by atoms with Crippen molar-refractivity contribution in [3.05, 3.63) is 11.4 Å². The first kappa shape index (κ1) is 16.0. The number of nitrogens with zero attached hydrogens (tertiary/aromatic N) is 2. The van der Waals surface area contributed by atoms with E-state index in [-0.39, 0.29) is 11.6 Å². The Hall–Kier alpha value is -2.05. The number of methoxy groups -OCH3 is 1. The van der Waals surface area contributed by atoms with Crippen LogP contribution in [0.1, 0.15) is 37.0 Å². The largest absolute Gasteiger partial charge is 0.467 e. The van der Waals surface area contributed by atoms with Crippen molar-refractivity contribution in [1.29, 1.82) is 0 Å². The third-order valence-corrected chi connectivity index (χ3v) is 3.12. The predicted octanol–water partition coefficient (Wildman–Crippen LogP) is 0.492. The standard InChI is InChI=1S/C13H22N4O3/c1-6-8-9(14)11(17(4)16-8)12(18)15-10(7(2)3)13(19)20-5/h7,10H,6,14H2,1-5H3,(H,15,18). The molecule has 0 saturated heterocycles. The van der Waals surface area contributed by atoms with E-state index in [4.69, 9.17) is 5.73 Å². The van der Waals surface area contributed by atoms with E-state index in [0.717, 1.165) is 0 Å². The van der Waals surface area contributed by atoms with Crippen LogP contribution in [-0.4, -0.2) is 34.8 Å². The molecule has 20 heavy (non-hydrogen) atoms. The van der Waals surface area contributed by atoms with E-state index in [1.807, 2.05) is 20.8 Å². The molecule has 0 aromatic carbocycles. The number of aryl methyl sites for hydroxylation is 2. The number of nitrogen functional groups attached to an aromatic ring is 1. The van der Waals surface area contributed by atoms with Crippen LogP contribution in [0.3, 0.4) is 0 Å². The van der Waals surface area contributed by atoms with Gasteiger partial charge in [-0.1, -0.05) is 20.8 Å². The molecule has 1 amide bonds. The highest BCUT2D eigenvalue weighted by atomic mass is 16.5. The zero-order chi connectivity index (χ0) is 15.4. The Morgan fingerprint density at radius 2 is 2.05 bits per heavy atom. The first-order chi connectivity index (χ1) is 9.33. The van der Waals surface area contributed by atoms with Crippen LogP contribution < -0.4 is 11.1 Å². The van der Waals surface area contributed by atoms with Gasteiger partial charge >= 0.3 is 5.97 Å². The summed E-state index contributed by atoms with van der Waals surface area (Å²) in [5.74, 6) is -1.00. The van der Waals surface area contributed by atoms with E-state index in [1.165, 1.54) is 11.8 Å². The van der Waals surface area contributed by atoms with Gasteiger partial charge < -0.3 is 15.8 Å². The number of ether oxygens (including phenoxy) is 1. The molecule has 0 spiro atoms. The highest BCUT2D eigenvalue weighted by molar-refractivity contribution is 6.00. The summed E-state index contributed by atoms with van der Waals surface area (Å²) in [5, 5.41) is 6.83. The van der Waals surface area contributed by atoms with Crippen molar-refractivity contribution in [1.82, 2.24) is 15.1 Å². The highest BCUT2D eigenvalue weighted by Crippen LogP contribution is 2.17. The van der Waals surface area contributed by atoms with Gasteiger partial charge in [0.25, 0.3) is 5.91 Å². The van der Waals surface area contributed by atoms with Gasteiger partial charge in [-0.05, 0) is 12.3 Å². The van der Waals surface area contributed by atoms with Crippen molar-refractivity contribution < 1.29 is 14.3 Å².